The van der Waals surface area contributed by atoms with Gasteiger partial charge >= 0.3 is 6.09 Å². The second-order valence-corrected chi connectivity index (χ2v) is 9.34. The summed E-state index contributed by atoms with van der Waals surface area (Å²) in [6.07, 6.45) is 14.5. The molecule has 1 aliphatic carbocycles. The van der Waals surface area contributed by atoms with Crippen molar-refractivity contribution in [2.24, 2.45) is 0 Å². The molecule has 5 rings (SSSR count). The summed E-state index contributed by atoms with van der Waals surface area (Å²) in [6, 6.07) is 5.63. The van der Waals surface area contributed by atoms with Gasteiger partial charge in [0.15, 0.2) is 6.26 Å². The summed E-state index contributed by atoms with van der Waals surface area (Å²) in [5.74, 6) is 1.49. The molecule has 2 aromatic heterocycles. The van der Waals surface area contributed by atoms with Crippen LogP contribution in [0.2, 0.25) is 0 Å². The third-order valence-corrected chi connectivity index (χ3v) is 6.62. The number of cyclic esters (lactones) is 1. The predicted octanol–water partition coefficient (Wildman–Crippen LogP) is 4.89. The van der Waals surface area contributed by atoms with Crippen molar-refractivity contribution in [2.75, 3.05) is 13.7 Å². The van der Waals surface area contributed by atoms with Crippen LogP contribution >= 0.6 is 0 Å². The molecule has 1 fully saturated rings. The number of aromatic nitrogens is 2. The fourth-order valence-corrected chi connectivity index (χ4v) is 4.72. The number of amides is 1. The number of aliphatic hydroxyl groups excluding tert-OH is 1. The van der Waals surface area contributed by atoms with Crippen molar-refractivity contribution in [3.63, 3.8) is 0 Å². The number of nitrogens with zero attached hydrogens (tertiary/aromatic N) is 3. The monoisotopic (exact) mass is 505 g/mol. The zero-order valence-corrected chi connectivity index (χ0v) is 20.8. The minimum Gasteiger partial charge on any atom is -0.481 e. The molecule has 0 radical (unpaired) electrons. The summed E-state index contributed by atoms with van der Waals surface area (Å²) in [7, 11) is 1.59. The molecule has 4 heterocycles. The Bertz CT molecular complexity index is 1270. The molecule has 1 amide bonds. The lowest BCUT2D eigenvalue weighted by molar-refractivity contribution is 0.0785. The van der Waals surface area contributed by atoms with E-state index in [4.69, 9.17) is 18.9 Å². The summed E-state index contributed by atoms with van der Waals surface area (Å²) in [5.41, 5.74) is 3.92. The van der Waals surface area contributed by atoms with Gasteiger partial charge in [-0.3, -0.25) is 4.98 Å². The Morgan fingerprint density at radius 1 is 1.27 bits per heavy atom. The highest BCUT2D eigenvalue weighted by Gasteiger charge is 2.37. The normalized spacial score (nSPS) is 19.9. The number of hydrogen-bond acceptors (Lipinski definition) is 8. The van der Waals surface area contributed by atoms with E-state index in [1.165, 1.54) is 16.7 Å². The number of fused-ring (bicyclic) bond motifs is 1. The Morgan fingerprint density at radius 3 is 3.03 bits per heavy atom. The smallest absolute Gasteiger partial charge is 0.417 e. The van der Waals surface area contributed by atoms with Gasteiger partial charge < -0.3 is 24.1 Å². The lowest BCUT2D eigenvalue weighted by atomic mass is 10.0. The molecule has 0 saturated carbocycles. The van der Waals surface area contributed by atoms with Crippen molar-refractivity contribution in [3.05, 3.63) is 77.9 Å². The molecule has 0 bridgehead atoms. The molecule has 3 aliphatic rings. The second-order valence-electron chi connectivity index (χ2n) is 9.34. The maximum Gasteiger partial charge on any atom is 0.417 e. The van der Waals surface area contributed by atoms with Crippen molar-refractivity contribution in [1.82, 2.24) is 14.9 Å². The number of aryl methyl sites for hydroxylation is 1. The molecule has 9 heteroatoms. The van der Waals surface area contributed by atoms with E-state index in [0.29, 0.717) is 43.3 Å². The standard InChI is InChI=1S/C28H31N3O6/c1-34-25-11-10-24-27(30-25)20(12-13-29-24)8-5-9-21(32)15-22-16-31(28(33)37-22)26-18-35-17-23(36-26)14-19-6-3-2-4-7-19/h2-3,6,10-13,17-18,21-22,32H,4-5,7-9,14-16H2,1H3. The van der Waals surface area contributed by atoms with Crippen LogP contribution in [-0.2, 0) is 20.6 Å². The molecule has 0 aromatic carbocycles. The van der Waals surface area contributed by atoms with Gasteiger partial charge in [0.1, 0.15) is 18.1 Å². The van der Waals surface area contributed by atoms with Gasteiger partial charge in [0, 0.05) is 25.1 Å². The number of ether oxygens (including phenoxy) is 4. The van der Waals surface area contributed by atoms with E-state index < -0.39 is 18.3 Å². The van der Waals surface area contributed by atoms with E-state index in [2.05, 4.69) is 22.1 Å². The Balaban J connectivity index is 1.10. The summed E-state index contributed by atoms with van der Waals surface area (Å²) in [4.78, 5) is 22.8. The second kappa shape index (κ2) is 11.5. The highest BCUT2D eigenvalue weighted by atomic mass is 16.6. The van der Waals surface area contributed by atoms with Crippen LogP contribution in [-0.4, -0.2) is 51.9 Å². The fraction of sp³-hybridized carbons (Fsp3) is 0.393. The highest BCUT2D eigenvalue weighted by Crippen LogP contribution is 2.29. The Kier molecular flexibility index (Phi) is 7.70. The topological polar surface area (TPSA) is 103 Å². The number of allylic oxidation sites excluding steroid dienone is 4. The van der Waals surface area contributed by atoms with E-state index in [-0.39, 0.29) is 0 Å². The number of rotatable bonds is 10. The molecule has 9 nitrogen and oxygen atoms in total. The van der Waals surface area contributed by atoms with E-state index in [9.17, 15) is 9.90 Å². The lowest BCUT2D eigenvalue weighted by Gasteiger charge is -2.22. The first kappa shape index (κ1) is 24.8. The van der Waals surface area contributed by atoms with Crippen molar-refractivity contribution < 1.29 is 28.8 Å². The summed E-state index contributed by atoms with van der Waals surface area (Å²) in [5, 5.41) is 10.6. The molecule has 1 N–H and O–H groups in total. The van der Waals surface area contributed by atoms with Crippen molar-refractivity contribution in [1.29, 1.82) is 0 Å². The third kappa shape index (κ3) is 6.11. The number of methoxy groups -OCH3 is 1. The van der Waals surface area contributed by atoms with Crippen LogP contribution in [0.15, 0.2) is 72.4 Å². The third-order valence-electron chi connectivity index (χ3n) is 6.62. The molecule has 1 saturated heterocycles. The first-order valence-electron chi connectivity index (χ1n) is 12.6. The van der Waals surface area contributed by atoms with Crippen molar-refractivity contribution in [2.45, 2.75) is 57.2 Å². The summed E-state index contributed by atoms with van der Waals surface area (Å²) in [6.45, 7) is 0.294. The Morgan fingerprint density at radius 2 is 2.19 bits per heavy atom. The number of carbonyl (C=O) groups is 1. The average molecular weight is 506 g/mol. The van der Waals surface area contributed by atoms with Gasteiger partial charge in [-0.15, -0.1) is 0 Å². The Labute approximate surface area is 215 Å². The quantitative estimate of drug-likeness (QED) is 0.487. The first-order chi connectivity index (χ1) is 18.1. The molecule has 2 unspecified atom stereocenters. The maximum atomic E-state index is 12.5. The van der Waals surface area contributed by atoms with Gasteiger partial charge in [0.2, 0.25) is 11.8 Å². The summed E-state index contributed by atoms with van der Waals surface area (Å²) >= 11 is 0. The van der Waals surface area contributed by atoms with E-state index in [1.807, 2.05) is 18.2 Å². The van der Waals surface area contributed by atoms with Crippen LogP contribution in [0, 0.1) is 0 Å². The largest absolute Gasteiger partial charge is 0.481 e. The zero-order valence-electron chi connectivity index (χ0n) is 20.8. The number of pyridine rings is 2. The fourth-order valence-electron chi connectivity index (χ4n) is 4.72. The molecule has 2 atom stereocenters. The molecule has 0 spiro atoms. The number of aliphatic hydroxyl groups is 1. The minimum absolute atomic E-state index is 0.294. The van der Waals surface area contributed by atoms with Crippen LogP contribution in [0.4, 0.5) is 4.79 Å². The van der Waals surface area contributed by atoms with Crippen molar-refractivity contribution in [3.8, 4) is 5.88 Å². The number of carbonyl (C=O) groups excluding carboxylic acids is 1. The number of hydrogen-bond donors (Lipinski definition) is 1. The SMILES string of the molecule is COc1ccc2nccc(CCCC(O)CC3CN(C4=COC=C(CC5=CC=CCC5)O4)C(=O)O3)c2n1. The van der Waals surface area contributed by atoms with E-state index >= 15 is 0 Å². The molecule has 2 aliphatic heterocycles. The molecular weight excluding hydrogens is 474 g/mol. The average Bonchev–Trinajstić information content (AvgIpc) is 3.28. The molecular formula is C28H31N3O6. The molecule has 37 heavy (non-hydrogen) atoms. The van der Waals surface area contributed by atoms with Crippen LogP contribution in [0.3, 0.4) is 0 Å². The Hall–Kier alpha value is -3.85. The zero-order chi connectivity index (χ0) is 25.6. The van der Waals surface area contributed by atoms with Crippen LogP contribution in [0.5, 0.6) is 5.88 Å². The minimum atomic E-state index is -0.604. The summed E-state index contributed by atoms with van der Waals surface area (Å²) < 4.78 is 22.1. The van der Waals surface area contributed by atoms with Gasteiger partial charge in [0.25, 0.3) is 0 Å². The van der Waals surface area contributed by atoms with Crippen LogP contribution in [0.1, 0.15) is 44.1 Å². The van der Waals surface area contributed by atoms with Gasteiger partial charge in [-0.2, -0.15) is 0 Å². The van der Waals surface area contributed by atoms with Crippen LogP contribution < -0.4 is 4.74 Å². The predicted molar refractivity (Wildman–Crippen MR) is 136 cm³/mol. The van der Waals surface area contributed by atoms with E-state index in [0.717, 1.165) is 42.3 Å². The lowest BCUT2D eigenvalue weighted by Crippen LogP contribution is -2.28. The van der Waals surface area contributed by atoms with Crippen LogP contribution in [0.25, 0.3) is 11.0 Å². The van der Waals surface area contributed by atoms with Gasteiger partial charge in [-0.05, 0) is 49.8 Å². The van der Waals surface area contributed by atoms with Crippen molar-refractivity contribution >= 4 is 17.1 Å². The van der Waals surface area contributed by atoms with Gasteiger partial charge in [0.05, 0.1) is 30.8 Å². The van der Waals surface area contributed by atoms with E-state index in [1.54, 1.807) is 25.6 Å². The molecule has 194 valence electrons. The van der Waals surface area contributed by atoms with Gasteiger partial charge in [-0.25, -0.2) is 14.7 Å². The van der Waals surface area contributed by atoms with Gasteiger partial charge in [-0.1, -0.05) is 23.8 Å². The highest BCUT2D eigenvalue weighted by molar-refractivity contribution is 5.78. The first-order valence-corrected chi connectivity index (χ1v) is 12.6. The maximum absolute atomic E-state index is 12.5. The molecule has 2 aromatic rings.